The molecule has 2 fully saturated rings. The van der Waals surface area contributed by atoms with Crippen molar-refractivity contribution in [3.8, 4) is 0 Å². The molecule has 2 nitrogen and oxygen atoms in total. The third kappa shape index (κ3) is 1.62. The fourth-order valence-corrected chi connectivity index (χ4v) is 2.30. The summed E-state index contributed by atoms with van der Waals surface area (Å²) >= 11 is 0. The van der Waals surface area contributed by atoms with E-state index >= 15 is 0 Å². The first-order valence-electron chi connectivity index (χ1n) is 4.73. The summed E-state index contributed by atoms with van der Waals surface area (Å²) in [6.45, 7) is 3.14. The monoisotopic (exact) mass is 173 g/mol. The molecule has 1 spiro atoms. The minimum Gasteiger partial charge on any atom is -0.378 e. The van der Waals surface area contributed by atoms with Crippen LogP contribution in [0.25, 0.3) is 0 Å². The smallest absolute Gasteiger partial charge is 0.124 e. The molecule has 2 rings (SSSR count). The highest BCUT2D eigenvalue weighted by Crippen LogP contribution is 2.37. The molecule has 0 aliphatic carbocycles. The van der Waals surface area contributed by atoms with E-state index < -0.39 is 6.17 Å². The van der Waals surface area contributed by atoms with Crippen LogP contribution in [0.4, 0.5) is 4.39 Å². The van der Waals surface area contributed by atoms with Crippen molar-refractivity contribution >= 4 is 0 Å². The van der Waals surface area contributed by atoms with E-state index in [0.717, 1.165) is 32.5 Å². The first kappa shape index (κ1) is 8.45. The lowest BCUT2D eigenvalue weighted by atomic mass is 9.74. The molecule has 2 heterocycles. The van der Waals surface area contributed by atoms with Crippen LogP contribution in [-0.4, -0.2) is 32.5 Å². The maximum absolute atomic E-state index is 13.1. The van der Waals surface area contributed by atoms with Gasteiger partial charge in [-0.25, -0.2) is 4.39 Å². The summed E-state index contributed by atoms with van der Waals surface area (Å²) < 4.78 is 18.3. The lowest BCUT2D eigenvalue weighted by Gasteiger charge is -2.41. The Balaban J connectivity index is 1.97. The minimum absolute atomic E-state index is 0.170. The number of piperidine rings is 1. The van der Waals surface area contributed by atoms with E-state index in [1.54, 1.807) is 0 Å². The Morgan fingerprint density at radius 2 is 2.08 bits per heavy atom. The van der Waals surface area contributed by atoms with Crippen LogP contribution in [0.15, 0.2) is 0 Å². The Morgan fingerprint density at radius 3 is 2.75 bits per heavy atom. The van der Waals surface area contributed by atoms with Crippen molar-refractivity contribution in [3.05, 3.63) is 0 Å². The van der Waals surface area contributed by atoms with Gasteiger partial charge in [0, 0.05) is 0 Å². The molecule has 1 unspecified atom stereocenters. The van der Waals surface area contributed by atoms with Crippen LogP contribution < -0.4 is 5.32 Å². The van der Waals surface area contributed by atoms with Crippen molar-refractivity contribution in [2.24, 2.45) is 5.41 Å². The molecule has 2 aliphatic rings. The first-order chi connectivity index (χ1) is 5.81. The highest BCUT2D eigenvalue weighted by atomic mass is 19.1. The third-order valence-electron chi connectivity index (χ3n) is 3.03. The van der Waals surface area contributed by atoms with Crippen molar-refractivity contribution < 1.29 is 9.13 Å². The van der Waals surface area contributed by atoms with E-state index in [2.05, 4.69) is 5.32 Å². The lowest BCUT2D eigenvalue weighted by molar-refractivity contribution is -0.0652. The lowest BCUT2D eigenvalue weighted by Crippen LogP contribution is -2.45. The van der Waals surface area contributed by atoms with Crippen LogP contribution in [0.1, 0.15) is 19.3 Å². The summed E-state index contributed by atoms with van der Waals surface area (Å²) in [6, 6.07) is 0. The van der Waals surface area contributed by atoms with Crippen LogP contribution in [0.3, 0.4) is 0 Å². The van der Waals surface area contributed by atoms with Crippen LogP contribution in [0.2, 0.25) is 0 Å². The van der Waals surface area contributed by atoms with Gasteiger partial charge in [-0.15, -0.1) is 0 Å². The fraction of sp³-hybridized carbons (Fsp3) is 1.00. The van der Waals surface area contributed by atoms with E-state index in [1.807, 2.05) is 0 Å². The Morgan fingerprint density at radius 1 is 1.33 bits per heavy atom. The summed E-state index contributed by atoms with van der Waals surface area (Å²) in [6.07, 6.45) is 2.15. The molecule has 1 atom stereocenters. The number of halogens is 1. The van der Waals surface area contributed by atoms with E-state index in [-0.39, 0.29) is 5.41 Å². The molecule has 0 saturated carbocycles. The number of hydrogen-bond donors (Lipinski definition) is 1. The summed E-state index contributed by atoms with van der Waals surface area (Å²) in [4.78, 5) is 0. The second-order valence-corrected chi connectivity index (χ2v) is 4.07. The van der Waals surface area contributed by atoms with E-state index in [0.29, 0.717) is 13.0 Å². The summed E-state index contributed by atoms with van der Waals surface area (Å²) in [5, 5.41) is 3.29. The maximum atomic E-state index is 13.1. The molecule has 2 aliphatic heterocycles. The topological polar surface area (TPSA) is 21.3 Å². The van der Waals surface area contributed by atoms with E-state index in [4.69, 9.17) is 4.74 Å². The fourth-order valence-electron chi connectivity index (χ4n) is 2.30. The number of alkyl halides is 1. The first-order valence-corrected chi connectivity index (χ1v) is 4.73. The standard InChI is InChI=1S/C9H16FNO/c10-8-5-9(7-12-6-8)1-3-11-4-2-9/h8,11H,1-7H2. The number of rotatable bonds is 0. The van der Waals surface area contributed by atoms with Crippen LogP contribution >= 0.6 is 0 Å². The number of nitrogens with one attached hydrogen (secondary N) is 1. The average molecular weight is 173 g/mol. The van der Waals surface area contributed by atoms with Gasteiger partial charge < -0.3 is 10.1 Å². The molecular formula is C9H16FNO. The maximum Gasteiger partial charge on any atom is 0.124 e. The van der Waals surface area contributed by atoms with Gasteiger partial charge in [0.05, 0.1) is 13.2 Å². The molecule has 0 amide bonds. The van der Waals surface area contributed by atoms with Crippen molar-refractivity contribution in [1.29, 1.82) is 0 Å². The zero-order valence-electron chi connectivity index (χ0n) is 7.31. The molecule has 1 N–H and O–H groups in total. The zero-order valence-corrected chi connectivity index (χ0v) is 7.31. The summed E-state index contributed by atoms with van der Waals surface area (Å²) in [5.41, 5.74) is 0.170. The number of hydrogen-bond acceptors (Lipinski definition) is 2. The molecule has 3 heteroatoms. The van der Waals surface area contributed by atoms with E-state index in [1.165, 1.54) is 0 Å². The molecule has 12 heavy (non-hydrogen) atoms. The summed E-state index contributed by atoms with van der Waals surface area (Å²) in [5.74, 6) is 0. The molecular weight excluding hydrogens is 157 g/mol. The van der Waals surface area contributed by atoms with Gasteiger partial charge in [0.25, 0.3) is 0 Å². The molecule has 2 saturated heterocycles. The zero-order chi connectivity index (χ0) is 8.44. The van der Waals surface area contributed by atoms with Crippen molar-refractivity contribution in [3.63, 3.8) is 0 Å². The van der Waals surface area contributed by atoms with Crippen LogP contribution in [0.5, 0.6) is 0 Å². The Kier molecular flexibility index (Phi) is 2.33. The summed E-state index contributed by atoms with van der Waals surface area (Å²) in [7, 11) is 0. The Hall–Kier alpha value is -0.150. The van der Waals surface area contributed by atoms with Crippen LogP contribution in [0, 0.1) is 5.41 Å². The van der Waals surface area contributed by atoms with E-state index in [9.17, 15) is 4.39 Å². The molecule has 0 bridgehead atoms. The normalized spacial score (nSPS) is 35.2. The van der Waals surface area contributed by atoms with Gasteiger partial charge in [-0.2, -0.15) is 0 Å². The van der Waals surface area contributed by atoms with Crippen molar-refractivity contribution in [1.82, 2.24) is 5.32 Å². The predicted octanol–water partition coefficient (Wildman–Crippen LogP) is 1.11. The highest BCUT2D eigenvalue weighted by Gasteiger charge is 2.38. The average Bonchev–Trinajstić information content (AvgIpc) is 2.05. The highest BCUT2D eigenvalue weighted by molar-refractivity contribution is 4.89. The Bertz CT molecular complexity index is 151. The van der Waals surface area contributed by atoms with Gasteiger partial charge in [0.15, 0.2) is 0 Å². The quantitative estimate of drug-likeness (QED) is 0.592. The second kappa shape index (κ2) is 3.30. The van der Waals surface area contributed by atoms with Gasteiger partial charge in [0.2, 0.25) is 0 Å². The third-order valence-corrected chi connectivity index (χ3v) is 3.03. The SMILES string of the molecule is FC1COCC2(CCNCC2)C1. The van der Waals surface area contributed by atoms with Crippen molar-refractivity contribution in [2.75, 3.05) is 26.3 Å². The van der Waals surface area contributed by atoms with Gasteiger partial charge in [-0.3, -0.25) is 0 Å². The van der Waals surface area contributed by atoms with Gasteiger partial charge in [-0.05, 0) is 37.8 Å². The second-order valence-electron chi connectivity index (χ2n) is 4.07. The Labute approximate surface area is 72.5 Å². The van der Waals surface area contributed by atoms with Crippen LogP contribution in [-0.2, 0) is 4.74 Å². The minimum atomic E-state index is -0.725. The van der Waals surface area contributed by atoms with Gasteiger partial charge in [-0.1, -0.05) is 0 Å². The van der Waals surface area contributed by atoms with Gasteiger partial charge in [0.1, 0.15) is 6.17 Å². The van der Waals surface area contributed by atoms with Crippen molar-refractivity contribution in [2.45, 2.75) is 25.4 Å². The molecule has 0 aromatic carbocycles. The molecule has 0 aromatic heterocycles. The largest absolute Gasteiger partial charge is 0.378 e. The molecule has 0 aromatic rings. The number of ether oxygens (including phenoxy) is 1. The predicted molar refractivity (Wildman–Crippen MR) is 44.9 cm³/mol. The molecule has 0 radical (unpaired) electrons. The van der Waals surface area contributed by atoms with Gasteiger partial charge >= 0.3 is 0 Å². The molecule has 70 valence electrons.